The van der Waals surface area contributed by atoms with Gasteiger partial charge in [0.25, 0.3) is 0 Å². The molecule has 3 aromatic carbocycles. The van der Waals surface area contributed by atoms with Crippen molar-refractivity contribution in [3.8, 4) is 5.75 Å². The van der Waals surface area contributed by atoms with E-state index in [0.717, 1.165) is 22.0 Å². The molecular weight excluding hydrogens is 374 g/mol. The zero-order valence-electron chi connectivity index (χ0n) is 12.2. The van der Waals surface area contributed by atoms with Crippen molar-refractivity contribution in [2.24, 2.45) is 4.99 Å². The zero-order valence-corrected chi connectivity index (χ0v) is 15.3. The number of phenolic OH excluding ortho intramolecular Hbond substituents is 1. The number of benzene rings is 3. The van der Waals surface area contributed by atoms with Gasteiger partial charge in [0.05, 0.1) is 5.69 Å². The number of hydrogen-bond acceptors (Lipinski definition) is 2. The number of halogens is 1. The Hall–Kier alpha value is -1.42. The van der Waals surface area contributed by atoms with Gasteiger partial charge in [-0.05, 0) is 23.6 Å². The van der Waals surface area contributed by atoms with Crippen LogP contribution in [0, 0.1) is 7.43 Å². The topological polar surface area (TPSA) is 32.6 Å². The van der Waals surface area contributed by atoms with Gasteiger partial charge in [0.15, 0.2) is 0 Å². The standard InChI is InChI=1S/C17H13NO.CH3.BrH.Ti/c19-17-11-4-2-7-14(17)12-18-16-10-5-8-13-6-1-3-9-15(13)16;;;/h1-12,19H;1H3;1H;/q;-1;;+2/p-1. The van der Waals surface area contributed by atoms with Crippen LogP contribution in [0.5, 0.6) is 5.75 Å². The summed E-state index contributed by atoms with van der Waals surface area (Å²) >= 11 is 4.75. The molecule has 0 aliphatic heterocycles. The molecule has 0 fully saturated rings. The van der Waals surface area contributed by atoms with Gasteiger partial charge >= 0.3 is 31.5 Å². The van der Waals surface area contributed by atoms with Gasteiger partial charge in [-0.25, -0.2) is 0 Å². The van der Waals surface area contributed by atoms with Crippen molar-refractivity contribution >= 4 is 35.8 Å². The molecule has 0 unspecified atom stereocenters. The molecule has 22 heavy (non-hydrogen) atoms. The monoisotopic (exact) mass is 389 g/mol. The van der Waals surface area contributed by atoms with E-state index in [4.69, 9.17) is 0 Å². The van der Waals surface area contributed by atoms with Gasteiger partial charge in [-0.2, -0.15) is 0 Å². The first-order valence-electron chi connectivity index (χ1n) is 6.33. The molecule has 0 amide bonds. The van der Waals surface area contributed by atoms with Crippen LogP contribution in [0.1, 0.15) is 5.56 Å². The molecule has 0 saturated carbocycles. The van der Waals surface area contributed by atoms with Crippen LogP contribution in [0.25, 0.3) is 10.8 Å². The molecule has 1 N–H and O–H groups in total. The van der Waals surface area contributed by atoms with Gasteiger partial charge in [0.2, 0.25) is 0 Å². The summed E-state index contributed by atoms with van der Waals surface area (Å²) in [7, 11) is 0. The number of aromatic hydroxyl groups is 1. The molecule has 0 heterocycles. The van der Waals surface area contributed by atoms with Gasteiger partial charge < -0.3 is 12.5 Å². The van der Waals surface area contributed by atoms with E-state index < -0.39 is 0 Å². The predicted octanol–water partition coefficient (Wildman–Crippen LogP) is 5.59. The summed E-state index contributed by atoms with van der Waals surface area (Å²) in [5.41, 5.74) is 1.62. The Bertz CT molecular complexity index is 753. The van der Waals surface area contributed by atoms with E-state index in [0.29, 0.717) is 0 Å². The molecule has 0 atom stereocenters. The van der Waals surface area contributed by atoms with Crippen molar-refractivity contribution in [3.63, 3.8) is 0 Å². The summed E-state index contributed by atoms with van der Waals surface area (Å²) in [5.74, 6) is 0.242. The molecule has 2 nitrogen and oxygen atoms in total. The van der Waals surface area contributed by atoms with Gasteiger partial charge in [-0.3, -0.25) is 4.99 Å². The molecule has 0 aliphatic carbocycles. The van der Waals surface area contributed by atoms with E-state index in [1.807, 2.05) is 60.8 Å². The molecule has 0 aromatic heterocycles. The van der Waals surface area contributed by atoms with Crippen molar-refractivity contribution in [2.75, 3.05) is 0 Å². The fourth-order valence-corrected chi connectivity index (χ4v) is 2.06. The maximum atomic E-state index is 9.71. The second-order valence-electron chi connectivity index (χ2n) is 4.32. The van der Waals surface area contributed by atoms with Crippen molar-refractivity contribution < 1.29 is 23.4 Å². The number of nitrogens with zero attached hydrogens (tertiary/aromatic N) is 1. The van der Waals surface area contributed by atoms with E-state index in [9.17, 15) is 5.11 Å². The average molecular weight is 390 g/mol. The molecule has 110 valence electrons. The van der Waals surface area contributed by atoms with Crippen LogP contribution in [0.4, 0.5) is 5.69 Å². The summed E-state index contributed by atoms with van der Waals surface area (Å²) in [6, 6.07) is 21.3. The third kappa shape index (κ3) is 4.54. The minimum absolute atomic E-state index is 0. The molecule has 0 bridgehead atoms. The van der Waals surface area contributed by atoms with Gasteiger partial charge in [-0.1, -0.05) is 48.5 Å². The third-order valence-corrected chi connectivity index (χ3v) is 3.05. The maximum absolute atomic E-state index is 9.71. The fourth-order valence-electron chi connectivity index (χ4n) is 2.06. The second kappa shape index (κ2) is 9.57. The number of aliphatic imine (C=N–C) groups is 1. The number of hydrogen-bond donors (Lipinski definition) is 1. The Balaban J connectivity index is 0.000000775. The van der Waals surface area contributed by atoms with Crippen LogP contribution < -0.4 is 0 Å². The second-order valence-corrected chi connectivity index (χ2v) is 4.32. The van der Waals surface area contributed by atoms with E-state index in [-0.39, 0.29) is 13.2 Å². The Morgan fingerprint density at radius 1 is 0.864 bits per heavy atom. The molecule has 0 spiro atoms. The van der Waals surface area contributed by atoms with E-state index in [1.165, 1.54) is 0 Å². The Labute approximate surface area is 149 Å². The van der Waals surface area contributed by atoms with Crippen LogP contribution in [-0.2, 0) is 18.3 Å². The molecule has 0 radical (unpaired) electrons. The molecule has 4 heteroatoms. The first-order valence-corrected chi connectivity index (χ1v) is 10.2. The van der Waals surface area contributed by atoms with Gasteiger partial charge in [0, 0.05) is 17.2 Å². The zero-order chi connectivity index (χ0) is 15.1. The summed E-state index contributed by atoms with van der Waals surface area (Å²) in [4.78, 5) is 4.48. The van der Waals surface area contributed by atoms with Gasteiger partial charge in [0.1, 0.15) is 5.75 Å². The number of para-hydroxylation sites is 1. The summed E-state index contributed by atoms with van der Waals surface area (Å²) in [6.07, 6.45) is 1.69. The fraction of sp³-hybridized carbons (Fsp3) is 0. The van der Waals surface area contributed by atoms with Crippen LogP contribution in [0.15, 0.2) is 71.7 Å². The molecule has 3 rings (SSSR count). The first kappa shape index (κ1) is 18.6. The third-order valence-electron chi connectivity index (χ3n) is 3.05. The number of fused-ring (bicyclic) bond motifs is 1. The average Bonchev–Trinajstić information content (AvgIpc) is 2.56. The predicted molar refractivity (Wildman–Crippen MR) is 94.6 cm³/mol. The van der Waals surface area contributed by atoms with E-state index in [1.54, 1.807) is 18.3 Å². The van der Waals surface area contributed by atoms with Crippen molar-refractivity contribution in [1.29, 1.82) is 0 Å². The normalized spacial score (nSPS) is 9.82. The molecule has 3 aromatic rings. The number of rotatable bonds is 2. The van der Waals surface area contributed by atoms with E-state index >= 15 is 0 Å². The molecule has 0 aliphatic rings. The number of phenols is 1. The van der Waals surface area contributed by atoms with Gasteiger partial charge in [-0.15, -0.1) is 0 Å². The van der Waals surface area contributed by atoms with Crippen molar-refractivity contribution in [3.05, 3.63) is 79.7 Å². The first-order chi connectivity index (χ1) is 10.3. The summed E-state index contributed by atoms with van der Waals surface area (Å²) in [5, 5.41) is 12.0. The molecular formula is C18H16BrNOTi. The Kier molecular flexibility index (Phi) is 8.11. The quantitative estimate of drug-likeness (QED) is 0.346. The van der Waals surface area contributed by atoms with Crippen LogP contribution >= 0.6 is 13.2 Å². The summed E-state index contributed by atoms with van der Waals surface area (Å²) < 4.78 is 0. The van der Waals surface area contributed by atoms with Crippen LogP contribution in [0.3, 0.4) is 0 Å². The minimum atomic E-state index is 0. The van der Waals surface area contributed by atoms with Crippen molar-refractivity contribution in [1.82, 2.24) is 0 Å². The Morgan fingerprint density at radius 2 is 1.50 bits per heavy atom. The Morgan fingerprint density at radius 3 is 2.27 bits per heavy atom. The van der Waals surface area contributed by atoms with Crippen LogP contribution in [-0.4, -0.2) is 11.3 Å². The van der Waals surface area contributed by atoms with E-state index in [2.05, 4.69) is 30.3 Å². The van der Waals surface area contributed by atoms with Crippen LogP contribution in [0.2, 0.25) is 0 Å². The molecule has 0 saturated heterocycles. The van der Waals surface area contributed by atoms with Crippen molar-refractivity contribution in [2.45, 2.75) is 0 Å². The SMILES string of the molecule is Oc1ccccc1C=Nc1cccc2ccccc12.[CH3-].[Ti+][Br]. The summed E-state index contributed by atoms with van der Waals surface area (Å²) in [6.45, 7) is 0.